The van der Waals surface area contributed by atoms with Crippen LogP contribution in [0.2, 0.25) is 0 Å². The maximum absolute atomic E-state index is 12.6. The van der Waals surface area contributed by atoms with E-state index in [2.05, 4.69) is 15.1 Å². The number of alkyl halides is 3. The molecule has 0 amide bonds. The fourth-order valence-corrected chi connectivity index (χ4v) is 2.89. The lowest BCUT2D eigenvalue weighted by Crippen LogP contribution is -2.06. The van der Waals surface area contributed by atoms with Crippen LogP contribution in [0.5, 0.6) is 11.6 Å². The average Bonchev–Trinajstić information content (AvgIpc) is 3.31. The largest absolute Gasteiger partial charge is 0.461 e. The van der Waals surface area contributed by atoms with Crippen LogP contribution in [0, 0.1) is 0 Å². The molecule has 0 aliphatic heterocycles. The molecule has 0 radical (unpaired) electrons. The van der Waals surface area contributed by atoms with Crippen LogP contribution in [0.3, 0.4) is 0 Å². The molecule has 7 nitrogen and oxygen atoms in total. The number of carbonyl (C=O) groups excluding carboxylic acids is 1. The zero-order valence-electron chi connectivity index (χ0n) is 17.7. The van der Waals surface area contributed by atoms with E-state index >= 15 is 0 Å². The topological polar surface area (TPSA) is 87.3 Å². The number of aromatic nitrogens is 3. The van der Waals surface area contributed by atoms with Crippen molar-refractivity contribution in [2.75, 3.05) is 0 Å². The Morgan fingerprint density at radius 1 is 0.971 bits per heavy atom. The molecule has 0 aliphatic rings. The Morgan fingerprint density at radius 3 is 2.41 bits per heavy atom. The van der Waals surface area contributed by atoms with Crippen LogP contribution in [0.1, 0.15) is 23.4 Å². The number of pyridine rings is 1. The molecule has 0 saturated heterocycles. The Balaban J connectivity index is 1.29. The lowest BCUT2D eigenvalue weighted by atomic mass is 10.2. The summed E-state index contributed by atoms with van der Waals surface area (Å²) in [6.45, 7) is 0.200. The standard InChI is InChI=1S/C24H18F3N3O4/c25-24(26,27)18-8-11-20(28-14-18)33-19-9-6-17(7-10-19)23-29-21(34-30-23)12-13-22(31)32-15-16-4-2-1-3-5-16/h1-11,14H,12-13,15H2. The smallest absolute Gasteiger partial charge is 0.417 e. The van der Waals surface area contributed by atoms with Gasteiger partial charge < -0.3 is 14.0 Å². The number of carbonyl (C=O) groups is 1. The van der Waals surface area contributed by atoms with Crippen molar-refractivity contribution < 1.29 is 32.0 Å². The van der Waals surface area contributed by atoms with Crippen LogP contribution in [0.4, 0.5) is 13.2 Å². The third kappa shape index (κ3) is 6.18. The second-order valence-corrected chi connectivity index (χ2v) is 7.17. The molecule has 4 rings (SSSR count). The van der Waals surface area contributed by atoms with Crippen LogP contribution < -0.4 is 4.74 Å². The molecule has 2 aromatic carbocycles. The third-order valence-electron chi connectivity index (χ3n) is 4.65. The van der Waals surface area contributed by atoms with Gasteiger partial charge in [0, 0.05) is 24.2 Å². The van der Waals surface area contributed by atoms with E-state index in [0.29, 0.717) is 29.2 Å². The summed E-state index contributed by atoms with van der Waals surface area (Å²) >= 11 is 0. The second-order valence-electron chi connectivity index (χ2n) is 7.17. The number of ether oxygens (including phenoxy) is 2. The van der Waals surface area contributed by atoms with Gasteiger partial charge >= 0.3 is 12.1 Å². The summed E-state index contributed by atoms with van der Waals surface area (Å²) in [5.74, 6) is 0.650. The first-order valence-corrected chi connectivity index (χ1v) is 10.2. The Bertz CT molecular complexity index is 1230. The predicted molar refractivity (Wildman–Crippen MR) is 114 cm³/mol. The van der Waals surface area contributed by atoms with Gasteiger partial charge in [0.15, 0.2) is 0 Å². The summed E-state index contributed by atoms with van der Waals surface area (Å²) in [6, 6.07) is 17.9. The van der Waals surface area contributed by atoms with E-state index in [0.717, 1.165) is 17.7 Å². The molecule has 0 atom stereocenters. The highest BCUT2D eigenvalue weighted by Crippen LogP contribution is 2.30. The molecular weight excluding hydrogens is 451 g/mol. The Morgan fingerprint density at radius 2 is 1.74 bits per heavy atom. The molecule has 34 heavy (non-hydrogen) atoms. The highest BCUT2D eigenvalue weighted by atomic mass is 19.4. The molecule has 0 saturated carbocycles. The van der Waals surface area contributed by atoms with Crippen molar-refractivity contribution in [1.29, 1.82) is 0 Å². The minimum absolute atomic E-state index is 0.0294. The van der Waals surface area contributed by atoms with Gasteiger partial charge in [-0.1, -0.05) is 35.5 Å². The SMILES string of the molecule is O=C(CCc1nc(-c2ccc(Oc3ccc(C(F)(F)F)cn3)cc2)no1)OCc1ccccc1. The van der Waals surface area contributed by atoms with E-state index in [4.69, 9.17) is 14.0 Å². The fourth-order valence-electron chi connectivity index (χ4n) is 2.89. The molecule has 0 N–H and O–H groups in total. The van der Waals surface area contributed by atoms with E-state index in [9.17, 15) is 18.0 Å². The normalized spacial score (nSPS) is 11.3. The molecule has 0 fully saturated rings. The maximum Gasteiger partial charge on any atom is 0.417 e. The maximum atomic E-state index is 12.6. The zero-order valence-corrected chi connectivity index (χ0v) is 17.7. The molecule has 2 aromatic heterocycles. The lowest BCUT2D eigenvalue weighted by Gasteiger charge is -2.08. The van der Waals surface area contributed by atoms with E-state index in [1.54, 1.807) is 24.3 Å². The summed E-state index contributed by atoms with van der Waals surface area (Å²) < 4.78 is 53.7. The fraction of sp³-hybridized carbons (Fsp3) is 0.167. The van der Waals surface area contributed by atoms with Crippen LogP contribution in [-0.4, -0.2) is 21.1 Å². The van der Waals surface area contributed by atoms with Crippen LogP contribution in [0.25, 0.3) is 11.4 Å². The van der Waals surface area contributed by atoms with E-state index < -0.39 is 11.7 Å². The number of esters is 1. The number of rotatable bonds is 8. The van der Waals surface area contributed by atoms with Crippen LogP contribution in [-0.2, 0) is 28.7 Å². The van der Waals surface area contributed by atoms with Crippen molar-refractivity contribution in [1.82, 2.24) is 15.1 Å². The summed E-state index contributed by atoms with van der Waals surface area (Å²) in [5.41, 5.74) is 0.680. The van der Waals surface area contributed by atoms with Gasteiger partial charge in [-0.3, -0.25) is 4.79 Å². The summed E-state index contributed by atoms with van der Waals surface area (Å²) in [7, 11) is 0. The molecule has 0 spiro atoms. The molecule has 0 aliphatic carbocycles. The van der Waals surface area contributed by atoms with Gasteiger partial charge in [0.25, 0.3) is 0 Å². The Hall–Kier alpha value is -4.21. The highest BCUT2D eigenvalue weighted by Gasteiger charge is 2.30. The molecule has 0 unspecified atom stereocenters. The van der Waals surface area contributed by atoms with Crippen LogP contribution >= 0.6 is 0 Å². The molecule has 10 heteroatoms. The monoisotopic (exact) mass is 469 g/mol. The van der Waals surface area contributed by atoms with Gasteiger partial charge in [0.2, 0.25) is 17.6 Å². The first-order valence-electron chi connectivity index (χ1n) is 10.2. The van der Waals surface area contributed by atoms with Crippen molar-refractivity contribution in [2.45, 2.75) is 25.6 Å². The average molecular weight is 469 g/mol. The first-order chi connectivity index (χ1) is 16.4. The van der Waals surface area contributed by atoms with Gasteiger partial charge in [0.1, 0.15) is 12.4 Å². The summed E-state index contributed by atoms with van der Waals surface area (Å²) in [5, 5.41) is 3.91. The van der Waals surface area contributed by atoms with Crippen molar-refractivity contribution in [2.24, 2.45) is 0 Å². The molecule has 0 bridgehead atoms. The number of hydrogen-bond donors (Lipinski definition) is 0. The quantitative estimate of drug-likeness (QED) is 0.310. The number of hydrogen-bond acceptors (Lipinski definition) is 7. The molecule has 174 valence electrons. The number of aryl methyl sites for hydroxylation is 1. The van der Waals surface area contributed by atoms with E-state index in [1.165, 1.54) is 0 Å². The Kier molecular flexibility index (Phi) is 6.86. The lowest BCUT2D eigenvalue weighted by molar-refractivity contribution is -0.145. The van der Waals surface area contributed by atoms with Crippen molar-refractivity contribution in [3.8, 4) is 23.0 Å². The summed E-state index contributed by atoms with van der Waals surface area (Å²) in [6.07, 6.45) is -3.41. The molecule has 4 aromatic rings. The zero-order chi connectivity index (χ0) is 24.0. The molecular formula is C24H18F3N3O4. The summed E-state index contributed by atoms with van der Waals surface area (Å²) in [4.78, 5) is 19.9. The minimum atomic E-state index is -4.46. The van der Waals surface area contributed by atoms with Crippen molar-refractivity contribution in [3.05, 3.63) is 89.9 Å². The van der Waals surface area contributed by atoms with E-state index in [1.807, 2.05) is 30.3 Å². The number of halogens is 3. The number of nitrogens with zero attached hydrogens (tertiary/aromatic N) is 3. The van der Waals surface area contributed by atoms with Gasteiger partial charge in [-0.25, -0.2) is 4.98 Å². The van der Waals surface area contributed by atoms with Gasteiger partial charge in [-0.15, -0.1) is 0 Å². The second kappa shape index (κ2) is 10.2. The number of benzene rings is 2. The van der Waals surface area contributed by atoms with Crippen molar-refractivity contribution in [3.63, 3.8) is 0 Å². The third-order valence-corrected chi connectivity index (χ3v) is 4.65. The van der Waals surface area contributed by atoms with Gasteiger partial charge in [0.05, 0.1) is 12.0 Å². The Labute approximate surface area is 192 Å². The predicted octanol–water partition coefficient (Wildman–Crippen LogP) is 5.62. The van der Waals surface area contributed by atoms with Gasteiger partial charge in [-0.05, 0) is 35.9 Å². The van der Waals surface area contributed by atoms with Crippen molar-refractivity contribution >= 4 is 5.97 Å². The van der Waals surface area contributed by atoms with E-state index in [-0.39, 0.29) is 31.3 Å². The minimum Gasteiger partial charge on any atom is -0.461 e. The molecule has 2 heterocycles. The van der Waals surface area contributed by atoms with Gasteiger partial charge in [-0.2, -0.15) is 18.2 Å². The van der Waals surface area contributed by atoms with Crippen LogP contribution in [0.15, 0.2) is 77.4 Å². The first kappa shape index (κ1) is 23.0. The highest BCUT2D eigenvalue weighted by molar-refractivity contribution is 5.69.